The fraction of sp³-hybridized carbons (Fsp3) is 0.296. The molecule has 0 spiro atoms. The number of fused-ring (bicyclic) bond motifs is 2. The van der Waals surface area contributed by atoms with Crippen LogP contribution in [0, 0.1) is 6.92 Å². The van der Waals surface area contributed by atoms with E-state index in [1.165, 1.54) is 33.2 Å². The maximum atomic E-state index is 9.51. The summed E-state index contributed by atoms with van der Waals surface area (Å²) in [4.78, 5) is 7.96. The fourth-order valence-electron chi connectivity index (χ4n) is 4.88. The summed E-state index contributed by atoms with van der Waals surface area (Å²) < 4.78 is 9.51. The van der Waals surface area contributed by atoms with Gasteiger partial charge in [-0.05, 0) is 91.2 Å². The molecule has 0 bridgehead atoms. The van der Waals surface area contributed by atoms with Gasteiger partial charge in [0.25, 0.3) is 0 Å². The summed E-state index contributed by atoms with van der Waals surface area (Å²) in [6.07, 6.45) is 7.86. The largest absolute Gasteiger partial charge is 0.384 e. The molecule has 1 unspecified atom stereocenters. The third-order valence-electron chi connectivity index (χ3n) is 6.66. The van der Waals surface area contributed by atoms with Crippen LogP contribution in [0.15, 0.2) is 54.9 Å². The number of H-pyrrole nitrogens is 1. The Balaban J connectivity index is 1.25. The molecule has 5 rings (SSSR count). The van der Waals surface area contributed by atoms with E-state index in [2.05, 4.69) is 77.0 Å². The number of rotatable bonds is 8. The molecule has 1 aliphatic rings. The molecule has 4 N–H and O–H groups in total. The van der Waals surface area contributed by atoms with E-state index in [1.54, 1.807) is 0 Å². The topological polar surface area (TPSA) is 73.0 Å². The molecular formula is C27H30N4OS. The van der Waals surface area contributed by atoms with Crippen LogP contribution in [0.2, 0.25) is 0 Å². The van der Waals surface area contributed by atoms with Crippen molar-refractivity contribution in [3.63, 3.8) is 0 Å². The summed E-state index contributed by atoms with van der Waals surface area (Å²) in [7, 11) is 0. The van der Waals surface area contributed by atoms with E-state index in [1.807, 2.05) is 12.3 Å². The smallest absolute Gasteiger partial charge is 0.0737 e. The number of nitrogens with one attached hydrogen (secondary N) is 3. The lowest BCUT2D eigenvalue weighted by Gasteiger charge is -2.15. The van der Waals surface area contributed by atoms with Gasteiger partial charge in [0.2, 0.25) is 0 Å². The Morgan fingerprint density at radius 2 is 2.06 bits per heavy atom. The number of pyridine rings is 1. The molecule has 170 valence electrons. The summed E-state index contributed by atoms with van der Waals surface area (Å²) in [6, 6.07) is 15.0. The summed E-state index contributed by atoms with van der Waals surface area (Å²) in [5, 5.41) is 8.59. The average molecular weight is 459 g/mol. The first-order valence-corrected chi connectivity index (χ1v) is 12.5. The molecule has 6 heteroatoms. The summed E-state index contributed by atoms with van der Waals surface area (Å²) in [5.41, 5.74) is 10.7. The molecule has 1 atom stereocenters. The van der Waals surface area contributed by atoms with E-state index in [-0.39, 0.29) is 5.25 Å². The van der Waals surface area contributed by atoms with E-state index >= 15 is 0 Å². The molecule has 0 amide bonds. The van der Waals surface area contributed by atoms with Crippen molar-refractivity contribution in [3.8, 4) is 0 Å². The second kappa shape index (κ2) is 9.49. The van der Waals surface area contributed by atoms with Crippen LogP contribution in [0.3, 0.4) is 0 Å². The lowest BCUT2D eigenvalue weighted by Crippen LogP contribution is -2.06. The van der Waals surface area contributed by atoms with Crippen molar-refractivity contribution in [3.05, 3.63) is 82.8 Å². The third kappa shape index (κ3) is 4.33. The molecule has 2 aromatic carbocycles. The van der Waals surface area contributed by atoms with Gasteiger partial charge in [0.15, 0.2) is 0 Å². The molecule has 0 fully saturated rings. The van der Waals surface area contributed by atoms with Crippen LogP contribution in [0.5, 0.6) is 0 Å². The van der Waals surface area contributed by atoms with Gasteiger partial charge in [0.1, 0.15) is 0 Å². The summed E-state index contributed by atoms with van der Waals surface area (Å²) >= 11 is 0.903. The zero-order chi connectivity index (χ0) is 22.8. The van der Waals surface area contributed by atoms with Gasteiger partial charge in [-0.15, -0.1) is 0 Å². The van der Waals surface area contributed by atoms with Crippen LogP contribution in [-0.2, 0) is 19.3 Å². The number of nitrogens with zero attached hydrogens (tertiary/aromatic N) is 1. The van der Waals surface area contributed by atoms with Crippen LogP contribution in [-0.4, -0.2) is 21.1 Å². The van der Waals surface area contributed by atoms with Crippen molar-refractivity contribution < 1.29 is 4.55 Å². The Bertz CT molecular complexity index is 1280. The normalized spacial score (nSPS) is 15.1. The predicted octanol–water partition coefficient (Wildman–Crippen LogP) is 7.03. The Kier molecular flexibility index (Phi) is 6.29. The SMILES string of the molecule is CCc1cccc2c(CCNc3ccc(Nc4ccnc5c4CCC5SO)cc3C)c[nH]c12. The van der Waals surface area contributed by atoms with Crippen molar-refractivity contribution in [1.29, 1.82) is 0 Å². The number of anilines is 3. The van der Waals surface area contributed by atoms with E-state index in [0.29, 0.717) is 0 Å². The zero-order valence-electron chi connectivity index (χ0n) is 19.1. The number of aryl methyl sites for hydroxylation is 2. The van der Waals surface area contributed by atoms with Crippen molar-refractivity contribution in [1.82, 2.24) is 9.97 Å². The first kappa shape index (κ1) is 21.9. The van der Waals surface area contributed by atoms with Crippen molar-refractivity contribution in [2.75, 3.05) is 17.2 Å². The minimum absolute atomic E-state index is 0.0840. The van der Waals surface area contributed by atoms with Gasteiger partial charge >= 0.3 is 0 Å². The molecule has 0 saturated heterocycles. The lowest BCUT2D eigenvalue weighted by atomic mass is 10.1. The van der Waals surface area contributed by atoms with Gasteiger partial charge < -0.3 is 20.2 Å². The number of para-hydroxylation sites is 1. The number of aromatic amines is 1. The zero-order valence-corrected chi connectivity index (χ0v) is 19.9. The molecule has 5 nitrogen and oxygen atoms in total. The van der Waals surface area contributed by atoms with Crippen molar-refractivity contribution in [2.45, 2.75) is 44.8 Å². The van der Waals surface area contributed by atoms with E-state index in [4.69, 9.17) is 0 Å². The highest BCUT2D eigenvalue weighted by Gasteiger charge is 2.26. The van der Waals surface area contributed by atoms with E-state index < -0.39 is 0 Å². The number of aromatic nitrogens is 2. The Labute approximate surface area is 199 Å². The summed E-state index contributed by atoms with van der Waals surface area (Å²) in [5.74, 6) is 0. The monoisotopic (exact) mass is 458 g/mol. The number of benzene rings is 2. The number of hydrogen-bond donors (Lipinski definition) is 4. The first-order valence-electron chi connectivity index (χ1n) is 11.6. The highest BCUT2D eigenvalue weighted by Crippen LogP contribution is 2.41. The van der Waals surface area contributed by atoms with Gasteiger partial charge in [-0.25, -0.2) is 0 Å². The van der Waals surface area contributed by atoms with Crippen LogP contribution in [0.1, 0.15) is 46.5 Å². The Hall–Kier alpha value is -2.96. The highest BCUT2D eigenvalue weighted by atomic mass is 32.2. The predicted molar refractivity (Wildman–Crippen MR) is 140 cm³/mol. The highest BCUT2D eigenvalue weighted by molar-refractivity contribution is 7.94. The van der Waals surface area contributed by atoms with Gasteiger partial charge in [0.05, 0.1) is 10.9 Å². The molecule has 4 aromatic rings. The standard InChI is InChI=1S/C27H30N4OS/c1-3-18-5-4-6-21-19(16-30-26(18)21)11-13-28-23-9-7-20(15-17(23)2)31-24-12-14-29-27-22(24)8-10-25(27)33-32/h4-7,9,12,14-16,25,28,30,32H,3,8,10-11,13H2,1-2H3,(H,29,31). The van der Waals surface area contributed by atoms with Crippen molar-refractivity contribution >= 4 is 40.0 Å². The van der Waals surface area contributed by atoms with Gasteiger partial charge in [-0.2, -0.15) is 0 Å². The third-order valence-corrected chi connectivity index (χ3v) is 7.37. The van der Waals surface area contributed by atoms with Gasteiger partial charge in [-0.3, -0.25) is 4.98 Å². The Morgan fingerprint density at radius 1 is 1.15 bits per heavy atom. The van der Waals surface area contributed by atoms with Crippen molar-refractivity contribution in [2.24, 2.45) is 0 Å². The fourth-order valence-corrected chi connectivity index (χ4v) is 5.41. The van der Waals surface area contributed by atoms with Crippen LogP contribution in [0.4, 0.5) is 17.1 Å². The second-order valence-corrected chi connectivity index (χ2v) is 9.47. The average Bonchev–Trinajstić information content (AvgIpc) is 3.45. The second-order valence-electron chi connectivity index (χ2n) is 8.69. The molecule has 2 aromatic heterocycles. The lowest BCUT2D eigenvalue weighted by molar-refractivity contribution is 0.646. The molecule has 0 saturated carbocycles. The quantitative estimate of drug-likeness (QED) is 0.213. The van der Waals surface area contributed by atoms with E-state index in [9.17, 15) is 4.55 Å². The summed E-state index contributed by atoms with van der Waals surface area (Å²) in [6.45, 7) is 5.22. The van der Waals surface area contributed by atoms with E-state index in [0.717, 1.165) is 67.0 Å². The number of hydrogen-bond acceptors (Lipinski definition) is 5. The van der Waals surface area contributed by atoms with Crippen LogP contribution < -0.4 is 10.6 Å². The molecule has 2 heterocycles. The minimum Gasteiger partial charge on any atom is -0.384 e. The first-order chi connectivity index (χ1) is 16.2. The molecular weight excluding hydrogens is 428 g/mol. The minimum atomic E-state index is 0.0840. The maximum Gasteiger partial charge on any atom is 0.0737 e. The Morgan fingerprint density at radius 3 is 2.88 bits per heavy atom. The molecule has 33 heavy (non-hydrogen) atoms. The molecule has 0 aliphatic heterocycles. The van der Waals surface area contributed by atoms with Crippen LogP contribution in [0.25, 0.3) is 10.9 Å². The molecule has 1 aliphatic carbocycles. The molecule has 0 radical (unpaired) electrons. The van der Waals surface area contributed by atoms with Gasteiger partial charge in [-0.1, -0.05) is 25.1 Å². The maximum absolute atomic E-state index is 9.51. The van der Waals surface area contributed by atoms with Crippen LogP contribution >= 0.6 is 12.0 Å². The van der Waals surface area contributed by atoms with Gasteiger partial charge in [0, 0.05) is 46.9 Å².